The summed E-state index contributed by atoms with van der Waals surface area (Å²) in [6.07, 6.45) is 0.545. The lowest BCUT2D eigenvalue weighted by Crippen LogP contribution is -2.00. The average Bonchev–Trinajstić information content (AvgIpc) is 2.55. The molecule has 0 unspecified atom stereocenters. The van der Waals surface area contributed by atoms with E-state index in [-0.39, 0.29) is 5.82 Å². The molecule has 4 heteroatoms. The second kappa shape index (κ2) is 6.80. The van der Waals surface area contributed by atoms with E-state index in [1.165, 1.54) is 12.1 Å². The Morgan fingerprint density at radius 2 is 1.64 bits per heavy atom. The van der Waals surface area contributed by atoms with Gasteiger partial charge in [0.15, 0.2) is 0 Å². The third kappa shape index (κ3) is 3.88. The molecule has 3 nitrogen and oxygen atoms in total. The smallest absolute Gasteiger partial charge is 0.233 e. The highest BCUT2D eigenvalue weighted by Crippen LogP contribution is 2.12. The lowest BCUT2D eigenvalue weighted by atomic mass is 10.1. The summed E-state index contributed by atoms with van der Waals surface area (Å²) in [5.74, 6) is 0.236. The lowest BCUT2D eigenvalue weighted by molar-refractivity contribution is 0.290. The summed E-state index contributed by atoms with van der Waals surface area (Å²) in [5, 5.41) is 8.16. The van der Waals surface area contributed by atoms with Crippen LogP contribution in [-0.2, 0) is 13.0 Å². The first-order valence-corrected chi connectivity index (χ1v) is 7.03. The van der Waals surface area contributed by atoms with Crippen molar-refractivity contribution >= 4 is 0 Å². The summed E-state index contributed by atoms with van der Waals surface area (Å²) in [6.45, 7) is 0.457. The minimum absolute atomic E-state index is 0.242. The van der Waals surface area contributed by atoms with Gasteiger partial charge in [-0.05, 0) is 29.3 Å². The molecular weight excluding hydrogens is 279 g/mol. The van der Waals surface area contributed by atoms with Gasteiger partial charge < -0.3 is 4.74 Å². The van der Waals surface area contributed by atoms with E-state index in [1.54, 1.807) is 12.1 Å². The molecule has 0 radical (unpaired) electrons. The molecule has 0 fully saturated rings. The summed E-state index contributed by atoms with van der Waals surface area (Å²) >= 11 is 0. The zero-order valence-corrected chi connectivity index (χ0v) is 11.9. The van der Waals surface area contributed by atoms with Crippen LogP contribution in [-0.4, -0.2) is 10.2 Å². The maximum absolute atomic E-state index is 13.1. The van der Waals surface area contributed by atoms with E-state index in [9.17, 15) is 4.39 Å². The third-order valence-electron chi connectivity index (χ3n) is 3.20. The molecule has 0 N–H and O–H groups in total. The zero-order valence-electron chi connectivity index (χ0n) is 11.9. The Morgan fingerprint density at radius 3 is 2.36 bits per heavy atom. The summed E-state index contributed by atoms with van der Waals surface area (Å²) in [5.41, 5.74) is 2.72. The first kappa shape index (κ1) is 14.2. The van der Waals surface area contributed by atoms with Crippen LogP contribution < -0.4 is 4.74 Å². The van der Waals surface area contributed by atoms with Crippen molar-refractivity contribution in [3.63, 3.8) is 0 Å². The maximum atomic E-state index is 13.1. The maximum Gasteiger partial charge on any atom is 0.233 e. The van der Waals surface area contributed by atoms with Gasteiger partial charge in [-0.15, -0.1) is 5.10 Å². The molecule has 2 aromatic carbocycles. The van der Waals surface area contributed by atoms with Crippen molar-refractivity contribution in [2.75, 3.05) is 0 Å². The van der Waals surface area contributed by atoms with Crippen LogP contribution in [0.2, 0.25) is 0 Å². The fraction of sp³-hybridized carbons (Fsp3) is 0.111. The summed E-state index contributed by atoms with van der Waals surface area (Å²) in [4.78, 5) is 0. The number of hydrogen-bond donors (Lipinski definition) is 0. The normalized spacial score (nSPS) is 10.4. The van der Waals surface area contributed by atoms with Crippen LogP contribution in [0.4, 0.5) is 4.39 Å². The van der Waals surface area contributed by atoms with Gasteiger partial charge in [-0.2, -0.15) is 5.10 Å². The number of nitrogens with zero attached hydrogens (tertiary/aromatic N) is 2. The number of hydrogen-bond acceptors (Lipinski definition) is 3. The molecule has 0 saturated carbocycles. The molecule has 0 aliphatic heterocycles. The van der Waals surface area contributed by atoms with Gasteiger partial charge in [0.1, 0.15) is 12.4 Å². The zero-order chi connectivity index (χ0) is 15.2. The van der Waals surface area contributed by atoms with E-state index in [2.05, 4.69) is 10.2 Å². The molecule has 1 aromatic heterocycles. The molecule has 1 heterocycles. The Kier molecular flexibility index (Phi) is 4.39. The van der Waals surface area contributed by atoms with Crippen molar-refractivity contribution in [3.8, 4) is 5.88 Å². The van der Waals surface area contributed by atoms with Crippen molar-refractivity contribution in [1.82, 2.24) is 10.2 Å². The Hall–Kier alpha value is -2.75. The minimum Gasteiger partial charge on any atom is -0.472 e. The third-order valence-corrected chi connectivity index (χ3v) is 3.20. The second-order valence-corrected chi connectivity index (χ2v) is 4.94. The van der Waals surface area contributed by atoms with Crippen molar-refractivity contribution in [1.29, 1.82) is 0 Å². The molecule has 110 valence electrons. The number of rotatable bonds is 5. The topological polar surface area (TPSA) is 35.0 Å². The van der Waals surface area contributed by atoms with Crippen LogP contribution in [0, 0.1) is 5.82 Å². The van der Waals surface area contributed by atoms with E-state index in [1.807, 2.05) is 42.5 Å². The molecule has 3 aromatic rings. The Morgan fingerprint density at radius 1 is 0.818 bits per heavy atom. The SMILES string of the molecule is Fc1cccc(Cc2ccc(OCc3ccccc3)nn2)c1. The summed E-state index contributed by atoms with van der Waals surface area (Å²) in [7, 11) is 0. The second-order valence-electron chi connectivity index (χ2n) is 4.94. The molecule has 22 heavy (non-hydrogen) atoms. The molecule has 0 amide bonds. The molecule has 0 spiro atoms. The van der Waals surface area contributed by atoms with Gasteiger partial charge in [0.25, 0.3) is 0 Å². The first-order valence-electron chi connectivity index (χ1n) is 7.03. The fourth-order valence-corrected chi connectivity index (χ4v) is 2.11. The number of aromatic nitrogens is 2. The molecule has 0 aliphatic carbocycles. The Balaban J connectivity index is 1.60. The van der Waals surface area contributed by atoms with Gasteiger partial charge in [-0.25, -0.2) is 4.39 Å². The highest BCUT2D eigenvalue weighted by molar-refractivity contribution is 5.23. The van der Waals surface area contributed by atoms with Crippen LogP contribution >= 0.6 is 0 Å². The average molecular weight is 294 g/mol. The molecule has 0 saturated heterocycles. The van der Waals surface area contributed by atoms with E-state index in [0.29, 0.717) is 18.9 Å². The number of benzene rings is 2. The van der Waals surface area contributed by atoms with Crippen molar-refractivity contribution in [2.24, 2.45) is 0 Å². The predicted octanol–water partition coefficient (Wildman–Crippen LogP) is 3.79. The van der Waals surface area contributed by atoms with Gasteiger partial charge in [0.05, 0.1) is 5.69 Å². The van der Waals surface area contributed by atoms with E-state index >= 15 is 0 Å². The van der Waals surface area contributed by atoms with Gasteiger partial charge in [-0.3, -0.25) is 0 Å². The Labute approximate surface area is 128 Å². The van der Waals surface area contributed by atoms with E-state index in [0.717, 1.165) is 16.8 Å². The fourth-order valence-electron chi connectivity index (χ4n) is 2.11. The van der Waals surface area contributed by atoms with Crippen LogP contribution in [0.3, 0.4) is 0 Å². The first-order chi connectivity index (χ1) is 10.8. The van der Waals surface area contributed by atoms with Gasteiger partial charge >= 0.3 is 0 Å². The lowest BCUT2D eigenvalue weighted by Gasteiger charge is -2.05. The summed E-state index contributed by atoms with van der Waals surface area (Å²) in [6, 6.07) is 20.0. The van der Waals surface area contributed by atoms with Gasteiger partial charge in [0, 0.05) is 12.5 Å². The van der Waals surface area contributed by atoms with Crippen LogP contribution in [0.15, 0.2) is 66.7 Å². The monoisotopic (exact) mass is 294 g/mol. The predicted molar refractivity (Wildman–Crippen MR) is 82.0 cm³/mol. The van der Waals surface area contributed by atoms with E-state index in [4.69, 9.17) is 4.74 Å². The number of halogens is 1. The highest BCUT2D eigenvalue weighted by Gasteiger charge is 2.02. The largest absolute Gasteiger partial charge is 0.472 e. The Bertz CT molecular complexity index is 730. The van der Waals surface area contributed by atoms with Crippen molar-refractivity contribution in [2.45, 2.75) is 13.0 Å². The van der Waals surface area contributed by atoms with E-state index < -0.39 is 0 Å². The molecule has 3 rings (SSSR count). The number of ether oxygens (including phenoxy) is 1. The van der Waals surface area contributed by atoms with Crippen LogP contribution in [0.25, 0.3) is 0 Å². The van der Waals surface area contributed by atoms with Crippen molar-refractivity contribution in [3.05, 3.63) is 89.4 Å². The summed E-state index contributed by atoms with van der Waals surface area (Å²) < 4.78 is 18.7. The van der Waals surface area contributed by atoms with Crippen molar-refractivity contribution < 1.29 is 9.13 Å². The quantitative estimate of drug-likeness (QED) is 0.718. The molecule has 0 atom stereocenters. The standard InChI is InChI=1S/C18H15FN2O/c19-16-8-4-7-15(11-16)12-17-9-10-18(21-20-17)22-13-14-5-2-1-3-6-14/h1-11H,12-13H2. The molecule has 0 aliphatic rings. The molecular formula is C18H15FN2O. The van der Waals surface area contributed by atoms with Gasteiger partial charge in [-0.1, -0.05) is 42.5 Å². The minimum atomic E-state index is -0.242. The van der Waals surface area contributed by atoms with Crippen LogP contribution in [0.5, 0.6) is 5.88 Å². The van der Waals surface area contributed by atoms with Crippen LogP contribution in [0.1, 0.15) is 16.8 Å². The van der Waals surface area contributed by atoms with Gasteiger partial charge in [0.2, 0.25) is 5.88 Å². The molecule has 0 bridgehead atoms. The highest BCUT2D eigenvalue weighted by atomic mass is 19.1.